The second-order valence-electron chi connectivity index (χ2n) is 9.59. The van der Waals surface area contributed by atoms with Gasteiger partial charge in [-0.1, -0.05) is 40.9 Å². The maximum Gasteiger partial charge on any atom is 0.355 e. The van der Waals surface area contributed by atoms with E-state index in [2.05, 4.69) is 20.6 Å². The van der Waals surface area contributed by atoms with Crippen molar-refractivity contribution >= 4 is 69.4 Å². The number of anilines is 2. The second-order valence-corrected chi connectivity index (χ2v) is 10.9. The minimum atomic E-state index is -1.15. The predicted octanol–water partition coefficient (Wildman–Crippen LogP) is 7.23. The van der Waals surface area contributed by atoms with E-state index in [0.717, 1.165) is 5.56 Å². The van der Waals surface area contributed by atoms with Crippen molar-refractivity contribution in [3.05, 3.63) is 117 Å². The van der Waals surface area contributed by atoms with Gasteiger partial charge in [0.05, 0.1) is 23.3 Å². The topological polar surface area (TPSA) is 133 Å². The van der Waals surface area contributed by atoms with Crippen LogP contribution in [0.15, 0.2) is 79.3 Å². The molecule has 0 fully saturated rings. The monoisotopic (exact) mass is 634 g/mol. The highest BCUT2D eigenvalue weighted by atomic mass is 35.5. The van der Waals surface area contributed by atoms with Crippen molar-refractivity contribution < 1.29 is 19.8 Å². The van der Waals surface area contributed by atoms with Crippen LogP contribution >= 0.6 is 34.8 Å². The zero-order valence-electron chi connectivity index (χ0n) is 22.1. The smallest absolute Gasteiger partial charge is 0.355 e. The molecule has 4 heterocycles. The summed E-state index contributed by atoms with van der Waals surface area (Å²) in [6.07, 6.45) is 4.70. The van der Waals surface area contributed by atoms with Crippen LogP contribution in [0.2, 0.25) is 15.1 Å². The average molecular weight is 636 g/mol. The number of benzene rings is 2. The zero-order valence-corrected chi connectivity index (χ0v) is 24.3. The van der Waals surface area contributed by atoms with Crippen LogP contribution in [0.4, 0.5) is 11.4 Å². The number of fused-ring (bicyclic) bond motifs is 2. The molecule has 0 aliphatic heterocycles. The molecular weight excluding hydrogens is 615 g/mol. The molecule has 4 N–H and O–H groups in total. The molecule has 0 saturated heterocycles. The summed E-state index contributed by atoms with van der Waals surface area (Å²) in [5, 5.41) is 27.8. The third-order valence-electron chi connectivity index (χ3n) is 6.85. The fourth-order valence-corrected chi connectivity index (χ4v) is 5.71. The van der Waals surface area contributed by atoms with E-state index in [1.807, 2.05) is 6.07 Å². The Kier molecular flexibility index (Phi) is 7.57. The molecule has 0 radical (unpaired) electrons. The third-order valence-corrected chi connectivity index (χ3v) is 7.66. The van der Waals surface area contributed by atoms with Gasteiger partial charge in [-0.3, -0.25) is 8.80 Å². The molecular formula is C30H21Cl3N6O4. The summed E-state index contributed by atoms with van der Waals surface area (Å²) in [5.74, 6) is -2.26. The van der Waals surface area contributed by atoms with Gasteiger partial charge < -0.3 is 20.8 Å². The van der Waals surface area contributed by atoms with E-state index >= 15 is 0 Å². The van der Waals surface area contributed by atoms with Gasteiger partial charge in [-0.05, 0) is 65.7 Å². The van der Waals surface area contributed by atoms with Crippen molar-refractivity contribution in [1.82, 2.24) is 18.8 Å². The lowest BCUT2D eigenvalue weighted by Crippen LogP contribution is -2.12. The number of imidazole rings is 2. The van der Waals surface area contributed by atoms with Gasteiger partial charge in [0.1, 0.15) is 11.3 Å². The SMILES string of the molecule is O=C(O)c1c(NCc2cc(-c3cnc4ccc(NCc5cc(Cl)cc(Cl)c5)c(C(=O)O)n34)ccc2Cl)ccc2nccn12. The normalized spacial score (nSPS) is 11.2. The number of hydrogen-bond donors (Lipinski definition) is 4. The number of halogens is 3. The molecule has 0 bridgehead atoms. The minimum Gasteiger partial charge on any atom is -0.476 e. The highest BCUT2D eigenvalue weighted by molar-refractivity contribution is 6.34. The van der Waals surface area contributed by atoms with E-state index in [1.54, 1.807) is 71.4 Å². The first kappa shape index (κ1) is 28.4. The van der Waals surface area contributed by atoms with Gasteiger partial charge in [-0.2, -0.15) is 0 Å². The molecule has 216 valence electrons. The fraction of sp³-hybridized carbons (Fsp3) is 0.0667. The van der Waals surface area contributed by atoms with Crippen LogP contribution in [0.3, 0.4) is 0 Å². The maximum atomic E-state index is 12.6. The quantitative estimate of drug-likeness (QED) is 0.131. The molecule has 0 aliphatic carbocycles. The lowest BCUT2D eigenvalue weighted by molar-refractivity contribution is 0.0679. The number of rotatable bonds is 9. The van der Waals surface area contributed by atoms with Gasteiger partial charge in [0.15, 0.2) is 11.4 Å². The molecule has 0 aliphatic rings. The molecule has 0 atom stereocenters. The molecule has 0 unspecified atom stereocenters. The van der Waals surface area contributed by atoms with E-state index in [0.29, 0.717) is 54.6 Å². The number of pyridine rings is 2. The number of carboxylic acid groups (broad SMARTS) is 2. The number of aromatic carboxylic acids is 2. The Balaban J connectivity index is 1.34. The highest BCUT2D eigenvalue weighted by Crippen LogP contribution is 2.31. The Bertz CT molecular complexity index is 2040. The van der Waals surface area contributed by atoms with Crippen LogP contribution in [-0.2, 0) is 13.1 Å². The molecule has 6 rings (SSSR count). The largest absolute Gasteiger partial charge is 0.476 e. The number of nitrogens with one attached hydrogen (secondary N) is 2. The fourth-order valence-electron chi connectivity index (χ4n) is 4.96. The van der Waals surface area contributed by atoms with Gasteiger partial charge in [0.25, 0.3) is 0 Å². The van der Waals surface area contributed by atoms with Crippen molar-refractivity contribution in [2.75, 3.05) is 10.6 Å². The standard InChI is InChI=1S/C30H21Cl3N6O4/c31-19-9-16(10-20(32)12-19)13-35-23-4-6-26-37-15-24(39(26)28(23)30(42)43)17-1-2-21(33)18(11-17)14-36-22-3-5-25-34-7-8-38(25)27(22)29(40)41/h1-12,15,35-36H,13-14H2,(H,40,41)(H,42,43). The van der Waals surface area contributed by atoms with Crippen LogP contribution in [0.1, 0.15) is 32.1 Å². The summed E-state index contributed by atoms with van der Waals surface area (Å²) < 4.78 is 3.05. The third kappa shape index (κ3) is 5.55. The number of carboxylic acids is 2. The molecule has 13 heteroatoms. The first-order chi connectivity index (χ1) is 20.7. The minimum absolute atomic E-state index is 0.00696. The second kappa shape index (κ2) is 11.5. The zero-order chi connectivity index (χ0) is 30.2. The molecule has 10 nitrogen and oxygen atoms in total. The Labute approximate surface area is 259 Å². The van der Waals surface area contributed by atoms with Crippen LogP contribution < -0.4 is 10.6 Å². The van der Waals surface area contributed by atoms with Gasteiger partial charge in [-0.15, -0.1) is 0 Å². The summed E-state index contributed by atoms with van der Waals surface area (Å²) in [6, 6.07) is 17.2. The first-order valence-electron chi connectivity index (χ1n) is 12.8. The van der Waals surface area contributed by atoms with Gasteiger partial charge in [-0.25, -0.2) is 19.6 Å². The van der Waals surface area contributed by atoms with Crippen LogP contribution in [0, 0.1) is 0 Å². The van der Waals surface area contributed by atoms with E-state index < -0.39 is 11.9 Å². The molecule has 0 saturated carbocycles. The molecule has 0 amide bonds. The van der Waals surface area contributed by atoms with E-state index in [1.165, 1.54) is 10.6 Å². The van der Waals surface area contributed by atoms with E-state index in [-0.39, 0.29) is 24.5 Å². The van der Waals surface area contributed by atoms with Gasteiger partial charge >= 0.3 is 11.9 Å². The first-order valence-corrected chi connectivity index (χ1v) is 14.0. The maximum absolute atomic E-state index is 12.6. The highest BCUT2D eigenvalue weighted by Gasteiger charge is 2.20. The van der Waals surface area contributed by atoms with E-state index in [4.69, 9.17) is 34.8 Å². The molecule has 0 spiro atoms. The lowest BCUT2D eigenvalue weighted by atomic mass is 10.1. The molecule has 6 aromatic rings. The molecule has 4 aromatic heterocycles. The number of nitrogens with zero attached hydrogens (tertiary/aromatic N) is 4. The van der Waals surface area contributed by atoms with Crippen molar-refractivity contribution in [1.29, 1.82) is 0 Å². The summed E-state index contributed by atoms with van der Waals surface area (Å²) in [7, 11) is 0. The number of carbonyl (C=O) groups is 2. The van der Waals surface area contributed by atoms with Gasteiger partial charge in [0, 0.05) is 46.1 Å². The Hall–Kier alpha value is -4.77. The average Bonchev–Trinajstić information content (AvgIpc) is 3.61. The molecule has 43 heavy (non-hydrogen) atoms. The van der Waals surface area contributed by atoms with Crippen molar-refractivity contribution in [3.63, 3.8) is 0 Å². The predicted molar refractivity (Wildman–Crippen MR) is 166 cm³/mol. The summed E-state index contributed by atoms with van der Waals surface area (Å²) in [4.78, 5) is 33.2. The Morgan fingerprint density at radius 1 is 0.767 bits per heavy atom. The van der Waals surface area contributed by atoms with Crippen LogP contribution in [0.25, 0.3) is 22.6 Å². The Morgan fingerprint density at radius 3 is 2.16 bits per heavy atom. The van der Waals surface area contributed by atoms with Crippen LogP contribution in [0.5, 0.6) is 0 Å². The summed E-state index contributed by atoms with van der Waals surface area (Å²) >= 11 is 18.8. The summed E-state index contributed by atoms with van der Waals surface area (Å²) in [6.45, 7) is 0.487. The summed E-state index contributed by atoms with van der Waals surface area (Å²) in [5.41, 5.74) is 4.40. The van der Waals surface area contributed by atoms with Crippen molar-refractivity contribution in [2.45, 2.75) is 13.1 Å². The lowest BCUT2D eigenvalue weighted by Gasteiger charge is -2.15. The van der Waals surface area contributed by atoms with E-state index in [9.17, 15) is 19.8 Å². The Morgan fingerprint density at radius 2 is 1.44 bits per heavy atom. The van der Waals surface area contributed by atoms with Crippen molar-refractivity contribution in [2.24, 2.45) is 0 Å². The van der Waals surface area contributed by atoms with Crippen LogP contribution in [-0.4, -0.2) is 40.9 Å². The van der Waals surface area contributed by atoms with Crippen molar-refractivity contribution in [3.8, 4) is 11.3 Å². The molecule has 2 aromatic carbocycles. The van der Waals surface area contributed by atoms with Gasteiger partial charge in [0.2, 0.25) is 0 Å². The number of aromatic nitrogens is 4. The number of hydrogen-bond acceptors (Lipinski definition) is 6.